The summed E-state index contributed by atoms with van der Waals surface area (Å²) in [6.07, 6.45) is 3.57. The quantitative estimate of drug-likeness (QED) is 0.810. The number of rotatable bonds is 6. The number of aryl methyl sites for hydroxylation is 2. The fourth-order valence-electron chi connectivity index (χ4n) is 3.47. The van der Waals surface area contributed by atoms with Crippen LogP contribution in [0.15, 0.2) is 34.9 Å². The van der Waals surface area contributed by atoms with Crippen molar-refractivity contribution in [1.29, 1.82) is 0 Å². The van der Waals surface area contributed by atoms with Crippen LogP contribution in [0.4, 0.5) is 0 Å². The van der Waals surface area contributed by atoms with E-state index in [1.807, 2.05) is 11.8 Å². The zero-order chi connectivity index (χ0) is 17.8. The molecule has 0 spiro atoms. The number of amides is 1. The second-order valence-electron chi connectivity index (χ2n) is 6.82. The van der Waals surface area contributed by atoms with E-state index in [0.717, 1.165) is 38.2 Å². The van der Waals surface area contributed by atoms with E-state index in [9.17, 15) is 4.79 Å². The molecule has 25 heavy (non-hydrogen) atoms. The monoisotopic (exact) mass is 341 g/mol. The molecule has 0 N–H and O–H groups in total. The Kier molecular flexibility index (Phi) is 5.53. The Morgan fingerprint density at radius 2 is 2.20 bits per heavy atom. The number of likely N-dealkylation sites (tertiary alicyclic amines) is 1. The highest BCUT2D eigenvalue weighted by Gasteiger charge is 2.30. The lowest BCUT2D eigenvalue weighted by atomic mass is 10.1. The summed E-state index contributed by atoms with van der Waals surface area (Å²) in [5.74, 6) is 1.58. The van der Waals surface area contributed by atoms with Crippen molar-refractivity contribution in [3.05, 3.63) is 53.2 Å². The molecule has 1 aliphatic heterocycles. The van der Waals surface area contributed by atoms with E-state index in [0.29, 0.717) is 12.4 Å². The number of hydrogen-bond acceptors (Lipinski definition) is 4. The van der Waals surface area contributed by atoms with Crippen LogP contribution in [0.25, 0.3) is 0 Å². The smallest absolute Gasteiger partial charge is 0.220 e. The van der Waals surface area contributed by atoms with Gasteiger partial charge in [0.25, 0.3) is 0 Å². The standard InChI is InChI=1S/C20H27N3O2/c1-4-19-11-21-20(25-19)14-23(16(3)24)18-9-10-22(13-18)12-17-8-6-5-7-15(17)2/h5-8,11,18H,4,9-10,12-14H2,1-3H3/t18-/m0/s1. The molecule has 1 amide bonds. The molecule has 2 heterocycles. The summed E-state index contributed by atoms with van der Waals surface area (Å²) < 4.78 is 5.69. The summed E-state index contributed by atoms with van der Waals surface area (Å²) >= 11 is 0. The highest BCUT2D eigenvalue weighted by Crippen LogP contribution is 2.21. The molecule has 5 heteroatoms. The SMILES string of the molecule is CCc1cnc(CN(C(C)=O)[C@H]2CCN(Cc3ccccc3C)C2)o1. The van der Waals surface area contributed by atoms with Crippen LogP contribution in [0.5, 0.6) is 0 Å². The predicted octanol–water partition coefficient (Wildman–Crippen LogP) is 3.17. The third-order valence-corrected chi connectivity index (χ3v) is 5.00. The zero-order valence-corrected chi connectivity index (χ0v) is 15.4. The van der Waals surface area contributed by atoms with Crippen molar-refractivity contribution in [3.8, 4) is 0 Å². The molecule has 134 valence electrons. The van der Waals surface area contributed by atoms with Gasteiger partial charge in [-0.15, -0.1) is 0 Å². The van der Waals surface area contributed by atoms with Gasteiger partial charge < -0.3 is 9.32 Å². The topological polar surface area (TPSA) is 49.6 Å². The molecule has 1 aliphatic rings. The van der Waals surface area contributed by atoms with Crippen LogP contribution in [0.2, 0.25) is 0 Å². The van der Waals surface area contributed by atoms with E-state index in [1.165, 1.54) is 11.1 Å². The minimum atomic E-state index is 0.0824. The minimum Gasteiger partial charge on any atom is -0.444 e. The Hall–Kier alpha value is -2.14. The molecule has 3 rings (SSSR count). The number of carbonyl (C=O) groups is 1. The fraction of sp³-hybridized carbons (Fsp3) is 0.500. The number of aromatic nitrogens is 1. The van der Waals surface area contributed by atoms with Crippen molar-refractivity contribution in [3.63, 3.8) is 0 Å². The van der Waals surface area contributed by atoms with Crippen molar-refractivity contribution >= 4 is 5.91 Å². The molecule has 0 aliphatic carbocycles. The summed E-state index contributed by atoms with van der Waals surface area (Å²) in [5, 5.41) is 0. The van der Waals surface area contributed by atoms with Gasteiger partial charge in [-0.2, -0.15) is 0 Å². The van der Waals surface area contributed by atoms with Gasteiger partial charge >= 0.3 is 0 Å². The van der Waals surface area contributed by atoms with Crippen molar-refractivity contribution in [2.24, 2.45) is 0 Å². The molecule has 2 aromatic rings. The van der Waals surface area contributed by atoms with E-state index in [4.69, 9.17) is 4.42 Å². The van der Waals surface area contributed by atoms with Crippen LogP contribution in [-0.2, 0) is 24.3 Å². The lowest BCUT2D eigenvalue weighted by Crippen LogP contribution is -2.40. The molecule has 1 aromatic carbocycles. The summed E-state index contributed by atoms with van der Waals surface area (Å²) in [6, 6.07) is 8.72. The maximum Gasteiger partial charge on any atom is 0.220 e. The first-order valence-electron chi connectivity index (χ1n) is 9.04. The van der Waals surface area contributed by atoms with Gasteiger partial charge in [-0.1, -0.05) is 31.2 Å². The van der Waals surface area contributed by atoms with E-state index in [1.54, 1.807) is 13.1 Å². The average molecular weight is 341 g/mol. The molecule has 0 unspecified atom stereocenters. The number of benzene rings is 1. The lowest BCUT2D eigenvalue weighted by Gasteiger charge is -2.27. The number of nitrogens with zero attached hydrogens (tertiary/aromatic N) is 3. The van der Waals surface area contributed by atoms with Crippen molar-refractivity contribution in [2.75, 3.05) is 13.1 Å². The van der Waals surface area contributed by atoms with Gasteiger partial charge in [0.2, 0.25) is 11.8 Å². The fourth-order valence-corrected chi connectivity index (χ4v) is 3.47. The summed E-state index contributed by atoms with van der Waals surface area (Å²) in [5.41, 5.74) is 2.68. The predicted molar refractivity (Wildman–Crippen MR) is 97.0 cm³/mol. The zero-order valence-electron chi connectivity index (χ0n) is 15.4. The van der Waals surface area contributed by atoms with Crippen LogP contribution in [0, 0.1) is 6.92 Å². The van der Waals surface area contributed by atoms with Gasteiger partial charge in [-0.25, -0.2) is 4.98 Å². The maximum absolute atomic E-state index is 12.2. The Labute approximate surface area is 149 Å². The first-order valence-corrected chi connectivity index (χ1v) is 9.04. The minimum absolute atomic E-state index is 0.0824. The Morgan fingerprint density at radius 3 is 2.88 bits per heavy atom. The number of hydrogen-bond donors (Lipinski definition) is 0. The van der Waals surface area contributed by atoms with Crippen molar-refractivity contribution < 1.29 is 9.21 Å². The highest BCUT2D eigenvalue weighted by molar-refractivity contribution is 5.73. The Morgan fingerprint density at radius 1 is 1.40 bits per heavy atom. The van der Waals surface area contributed by atoms with Gasteiger partial charge in [0.1, 0.15) is 5.76 Å². The van der Waals surface area contributed by atoms with E-state index >= 15 is 0 Å². The second kappa shape index (κ2) is 7.83. The van der Waals surface area contributed by atoms with Crippen molar-refractivity contribution in [2.45, 2.75) is 52.7 Å². The second-order valence-corrected chi connectivity index (χ2v) is 6.82. The average Bonchev–Trinajstić information content (AvgIpc) is 3.23. The van der Waals surface area contributed by atoms with Crippen molar-refractivity contribution in [1.82, 2.24) is 14.8 Å². The first-order chi connectivity index (χ1) is 12.1. The molecule has 5 nitrogen and oxygen atoms in total. The van der Waals surface area contributed by atoms with Crippen LogP contribution >= 0.6 is 0 Å². The lowest BCUT2D eigenvalue weighted by molar-refractivity contribution is -0.132. The van der Waals surface area contributed by atoms with Crippen LogP contribution in [-0.4, -0.2) is 39.8 Å². The molecule has 1 saturated heterocycles. The molecule has 0 bridgehead atoms. The van der Waals surface area contributed by atoms with Gasteiger partial charge in [0.15, 0.2) is 0 Å². The van der Waals surface area contributed by atoms with Crippen LogP contribution in [0.3, 0.4) is 0 Å². The molecular formula is C20H27N3O2. The Balaban J connectivity index is 1.63. The van der Waals surface area contributed by atoms with E-state index < -0.39 is 0 Å². The molecule has 0 saturated carbocycles. The summed E-state index contributed by atoms with van der Waals surface area (Å²) in [7, 11) is 0. The van der Waals surface area contributed by atoms with Gasteiger partial charge in [-0.05, 0) is 24.5 Å². The molecule has 0 radical (unpaired) electrons. The van der Waals surface area contributed by atoms with Gasteiger partial charge in [0, 0.05) is 39.0 Å². The molecule has 1 fully saturated rings. The summed E-state index contributed by atoms with van der Waals surface area (Å²) in [6.45, 7) is 9.12. The molecule has 1 atom stereocenters. The third-order valence-electron chi connectivity index (χ3n) is 5.00. The molecule has 1 aromatic heterocycles. The highest BCUT2D eigenvalue weighted by atomic mass is 16.4. The normalized spacial score (nSPS) is 17.8. The third kappa shape index (κ3) is 4.28. The number of carbonyl (C=O) groups excluding carboxylic acids is 1. The van der Waals surface area contributed by atoms with Gasteiger partial charge in [0.05, 0.1) is 12.7 Å². The van der Waals surface area contributed by atoms with Crippen LogP contribution < -0.4 is 0 Å². The molecular weight excluding hydrogens is 314 g/mol. The van der Waals surface area contributed by atoms with Gasteiger partial charge in [-0.3, -0.25) is 9.69 Å². The maximum atomic E-state index is 12.2. The first kappa shape index (κ1) is 17.7. The Bertz CT molecular complexity index is 725. The number of oxazole rings is 1. The van der Waals surface area contributed by atoms with E-state index in [-0.39, 0.29) is 11.9 Å². The van der Waals surface area contributed by atoms with E-state index in [2.05, 4.69) is 41.1 Å². The largest absolute Gasteiger partial charge is 0.444 e. The summed E-state index contributed by atoms with van der Waals surface area (Å²) in [4.78, 5) is 20.8. The van der Waals surface area contributed by atoms with Crippen LogP contribution in [0.1, 0.15) is 43.0 Å².